The number of aliphatic hydroxyl groups excluding tert-OH is 1. The van der Waals surface area contributed by atoms with E-state index in [9.17, 15) is 9.59 Å². The van der Waals surface area contributed by atoms with Crippen LogP contribution in [0, 0.1) is 0 Å². The monoisotopic (exact) mass is 218 g/mol. The fourth-order valence-corrected chi connectivity index (χ4v) is 1.58. The third-order valence-electron chi connectivity index (χ3n) is 2.38. The number of carbonyl (C=O) groups is 2. The van der Waals surface area contributed by atoms with E-state index in [4.69, 9.17) is 5.11 Å². The second-order valence-corrected chi connectivity index (χ2v) is 3.32. The summed E-state index contributed by atoms with van der Waals surface area (Å²) in [4.78, 5) is 23.4. The highest BCUT2D eigenvalue weighted by molar-refractivity contribution is 6.28. The molecule has 2 amide bonds. The Morgan fingerprint density at radius 3 is 2.25 bits per heavy atom. The van der Waals surface area contributed by atoms with Crippen LogP contribution in [0.1, 0.15) is 0 Å². The normalized spacial score (nSPS) is 18.7. The number of carbonyl (C=O) groups excluding carboxylic acids is 2. The molecule has 82 valence electrons. The van der Waals surface area contributed by atoms with Crippen molar-refractivity contribution in [2.45, 2.75) is 0 Å². The zero-order valence-electron chi connectivity index (χ0n) is 8.62. The zero-order valence-corrected chi connectivity index (χ0v) is 8.62. The van der Waals surface area contributed by atoms with Crippen LogP contribution in [-0.2, 0) is 9.59 Å². The maximum Gasteiger partial charge on any atom is 0.286 e. The first kappa shape index (κ1) is 10.2. The van der Waals surface area contributed by atoms with Crippen LogP contribution in [0.5, 0.6) is 0 Å². The molecule has 1 fully saturated rings. The van der Waals surface area contributed by atoms with E-state index in [-0.39, 0.29) is 5.57 Å². The van der Waals surface area contributed by atoms with E-state index < -0.39 is 11.8 Å². The highest BCUT2D eigenvalue weighted by atomic mass is 16.2. The maximum absolute atomic E-state index is 11.8. The Morgan fingerprint density at radius 2 is 1.75 bits per heavy atom. The fraction of sp³-hybridized carbons (Fsp3) is 0.0909. The van der Waals surface area contributed by atoms with Crippen molar-refractivity contribution in [1.82, 2.24) is 5.01 Å². The van der Waals surface area contributed by atoms with E-state index in [1.54, 1.807) is 24.3 Å². The molecule has 1 saturated heterocycles. The van der Waals surface area contributed by atoms with Gasteiger partial charge in [0.25, 0.3) is 11.8 Å². The number of aliphatic hydroxyl groups is 1. The van der Waals surface area contributed by atoms with Gasteiger partial charge < -0.3 is 5.11 Å². The van der Waals surface area contributed by atoms with Crippen molar-refractivity contribution in [1.29, 1.82) is 0 Å². The molecular weight excluding hydrogens is 208 g/mol. The second-order valence-electron chi connectivity index (χ2n) is 3.32. The Bertz CT molecular complexity index is 467. The molecule has 5 nitrogen and oxygen atoms in total. The van der Waals surface area contributed by atoms with Gasteiger partial charge >= 0.3 is 0 Å². The van der Waals surface area contributed by atoms with Gasteiger partial charge in [0, 0.05) is 7.05 Å². The number of hydrogen-bond acceptors (Lipinski definition) is 3. The molecule has 0 aliphatic carbocycles. The highest BCUT2D eigenvalue weighted by Gasteiger charge is 2.39. The topological polar surface area (TPSA) is 60.9 Å². The summed E-state index contributed by atoms with van der Waals surface area (Å²) in [5.74, 6) is -1.04. The highest BCUT2D eigenvalue weighted by Crippen LogP contribution is 2.24. The Balaban J connectivity index is 2.45. The van der Waals surface area contributed by atoms with Crippen LogP contribution in [-0.4, -0.2) is 29.0 Å². The number of anilines is 1. The summed E-state index contributed by atoms with van der Waals surface area (Å²) in [6, 6.07) is 8.77. The molecule has 1 aliphatic heterocycles. The van der Waals surface area contributed by atoms with Gasteiger partial charge in [-0.2, -0.15) is 0 Å². The molecular formula is C11H10N2O3. The first-order valence-corrected chi connectivity index (χ1v) is 4.68. The van der Waals surface area contributed by atoms with Crippen LogP contribution in [0.3, 0.4) is 0 Å². The molecule has 0 atom stereocenters. The quantitative estimate of drug-likeness (QED) is 0.432. The van der Waals surface area contributed by atoms with Gasteiger partial charge in [-0.15, -0.1) is 0 Å². The molecule has 2 rings (SSSR count). The summed E-state index contributed by atoms with van der Waals surface area (Å²) in [6.07, 6.45) is 0.546. The summed E-state index contributed by atoms with van der Waals surface area (Å²) >= 11 is 0. The smallest absolute Gasteiger partial charge is 0.286 e. The molecule has 1 N–H and O–H groups in total. The number of benzene rings is 1. The molecule has 0 radical (unpaired) electrons. The van der Waals surface area contributed by atoms with Gasteiger partial charge in [0.05, 0.1) is 11.9 Å². The predicted molar refractivity (Wildman–Crippen MR) is 57.4 cm³/mol. The van der Waals surface area contributed by atoms with Gasteiger partial charge in [0.15, 0.2) is 0 Å². The summed E-state index contributed by atoms with van der Waals surface area (Å²) < 4.78 is 0. The first-order chi connectivity index (χ1) is 7.66. The van der Waals surface area contributed by atoms with Crippen molar-refractivity contribution in [3.05, 3.63) is 42.2 Å². The number of para-hydroxylation sites is 1. The molecule has 1 heterocycles. The van der Waals surface area contributed by atoms with Crippen molar-refractivity contribution in [2.24, 2.45) is 0 Å². The van der Waals surface area contributed by atoms with Crippen molar-refractivity contribution >= 4 is 17.5 Å². The minimum absolute atomic E-state index is 0.230. The Labute approximate surface area is 92.2 Å². The van der Waals surface area contributed by atoms with E-state index >= 15 is 0 Å². The van der Waals surface area contributed by atoms with Gasteiger partial charge in [-0.25, -0.2) is 10.0 Å². The molecule has 0 saturated carbocycles. The summed E-state index contributed by atoms with van der Waals surface area (Å²) in [6.45, 7) is 0. The average molecular weight is 218 g/mol. The molecule has 0 bridgehead atoms. The van der Waals surface area contributed by atoms with Gasteiger partial charge in [-0.3, -0.25) is 9.59 Å². The van der Waals surface area contributed by atoms with Crippen molar-refractivity contribution in [2.75, 3.05) is 12.1 Å². The molecule has 0 spiro atoms. The summed E-state index contributed by atoms with van der Waals surface area (Å²) in [5, 5.41) is 11.2. The minimum Gasteiger partial charge on any atom is -0.515 e. The lowest BCUT2D eigenvalue weighted by Crippen LogP contribution is -2.37. The first-order valence-electron chi connectivity index (χ1n) is 4.68. The third kappa shape index (κ3) is 1.33. The summed E-state index contributed by atoms with van der Waals surface area (Å²) in [7, 11) is 1.48. The van der Waals surface area contributed by atoms with Crippen LogP contribution in [0.2, 0.25) is 0 Å². The van der Waals surface area contributed by atoms with Crippen LogP contribution in [0.25, 0.3) is 0 Å². The number of hydrazine groups is 1. The molecule has 1 aliphatic rings. The predicted octanol–water partition coefficient (Wildman–Crippen LogP) is 0.848. The number of nitrogens with zero attached hydrogens (tertiary/aromatic N) is 2. The number of likely N-dealkylation sites (N-methyl/N-ethyl adjacent to an activating group) is 1. The fourth-order valence-electron chi connectivity index (χ4n) is 1.58. The number of hydrogen-bond donors (Lipinski definition) is 1. The Morgan fingerprint density at radius 1 is 1.12 bits per heavy atom. The van der Waals surface area contributed by atoms with Crippen LogP contribution in [0.4, 0.5) is 5.69 Å². The van der Waals surface area contributed by atoms with Crippen molar-refractivity contribution < 1.29 is 14.7 Å². The second kappa shape index (κ2) is 3.69. The van der Waals surface area contributed by atoms with E-state index in [1.807, 2.05) is 6.07 Å². The Hall–Kier alpha value is -2.30. The molecule has 16 heavy (non-hydrogen) atoms. The molecule has 5 heteroatoms. The lowest BCUT2D eigenvalue weighted by molar-refractivity contribution is -0.124. The van der Waals surface area contributed by atoms with Gasteiger partial charge in [-0.1, -0.05) is 18.2 Å². The van der Waals surface area contributed by atoms with Crippen LogP contribution < -0.4 is 5.01 Å². The van der Waals surface area contributed by atoms with E-state index in [1.165, 1.54) is 17.1 Å². The molecule has 1 aromatic rings. The van der Waals surface area contributed by atoms with E-state index in [0.29, 0.717) is 11.9 Å². The minimum atomic E-state index is -0.527. The van der Waals surface area contributed by atoms with E-state index in [0.717, 1.165) is 0 Å². The van der Waals surface area contributed by atoms with Crippen LogP contribution in [0.15, 0.2) is 42.2 Å². The SMILES string of the molecule is CN1C(=O)/C(=C/O)C(=O)N1c1ccccc1. The van der Waals surface area contributed by atoms with Gasteiger partial charge in [0.1, 0.15) is 5.57 Å². The standard InChI is InChI=1S/C11H10N2O3/c1-12-10(15)9(7-14)11(16)13(12)8-5-3-2-4-6-8/h2-7,14H,1H3/b9-7-. The largest absolute Gasteiger partial charge is 0.515 e. The van der Waals surface area contributed by atoms with Crippen LogP contribution >= 0.6 is 0 Å². The molecule has 0 aromatic heterocycles. The van der Waals surface area contributed by atoms with Gasteiger partial charge in [0.2, 0.25) is 0 Å². The van der Waals surface area contributed by atoms with Crippen molar-refractivity contribution in [3.8, 4) is 0 Å². The lowest BCUT2D eigenvalue weighted by Gasteiger charge is -2.22. The number of amides is 2. The van der Waals surface area contributed by atoms with Gasteiger partial charge in [-0.05, 0) is 12.1 Å². The zero-order chi connectivity index (χ0) is 11.7. The molecule has 1 aromatic carbocycles. The maximum atomic E-state index is 11.8. The Kier molecular flexibility index (Phi) is 2.36. The van der Waals surface area contributed by atoms with Crippen molar-refractivity contribution in [3.63, 3.8) is 0 Å². The van der Waals surface area contributed by atoms with E-state index in [2.05, 4.69) is 0 Å². The summed E-state index contributed by atoms with van der Waals surface area (Å²) in [5.41, 5.74) is 0.353. The third-order valence-corrected chi connectivity index (χ3v) is 2.38. The number of rotatable bonds is 1. The molecule has 0 unspecified atom stereocenters. The average Bonchev–Trinajstić information content (AvgIpc) is 2.51. The lowest BCUT2D eigenvalue weighted by atomic mass is 10.2.